The minimum absolute atomic E-state index is 0.262. The summed E-state index contributed by atoms with van der Waals surface area (Å²) in [5, 5.41) is 2.98. The molecule has 1 heterocycles. The van der Waals surface area contributed by atoms with E-state index in [0.717, 1.165) is 5.56 Å². The monoisotopic (exact) mass is 261 g/mol. The Morgan fingerprint density at radius 1 is 1.33 bits per heavy atom. The first-order valence-corrected chi connectivity index (χ1v) is 5.74. The lowest BCUT2D eigenvalue weighted by Crippen LogP contribution is -2.15. The van der Waals surface area contributed by atoms with Crippen molar-refractivity contribution in [3.63, 3.8) is 0 Å². The average Bonchev–Trinajstić information content (AvgIpc) is 2.34. The molecule has 0 aliphatic rings. The SMILES string of the molecule is Cc1ccnc(Cl)c1NC(=O)c1ccccc1N. The Morgan fingerprint density at radius 2 is 2.06 bits per heavy atom. The molecule has 0 saturated heterocycles. The van der Waals surface area contributed by atoms with Crippen molar-refractivity contribution in [2.75, 3.05) is 11.1 Å². The largest absolute Gasteiger partial charge is 0.398 e. The number of nitrogens with zero attached hydrogens (tertiary/aromatic N) is 1. The Kier molecular flexibility index (Phi) is 3.48. The number of pyridine rings is 1. The lowest BCUT2D eigenvalue weighted by atomic mass is 10.1. The molecule has 1 aromatic carbocycles. The van der Waals surface area contributed by atoms with E-state index in [4.69, 9.17) is 17.3 Å². The van der Waals surface area contributed by atoms with Gasteiger partial charge in [-0.1, -0.05) is 23.7 Å². The highest BCUT2D eigenvalue weighted by atomic mass is 35.5. The topological polar surface area (TPSA) is 68.0 Å². The molecule has 0 aliphatic carbocycles. The molecule has 2 rings (SSSR count). The molecular formula is C13H12ClN3O. The number of nitrogens with one attached hydrogen (secondary N) is 1. The normalized spacial score (nSPS) is 10.1. The quantitative estimate of drug-likeness (QED) is 0.645. The molecule has 4 nitrogen and oxygen atoms in total. The summed E-state index contributed by atoms with van der Waals surface area (Å²) in [4.78, 5) is 16.0. The molecule has 0 fully saturated rings. The number of amides is 1. The molecule has 2 aromatic rings. The van der Waals surface area contributed by atoms with Crippen molar-refractivity contribution in [3.8, 4) is 0 Å². The van der Waals surface area contributed by atoms with E-state index in [1.807, 2.05) is 6.92 Å². The Labute approximate surface area is 110 Å². The van der Waals surface area contributed by atoms with Gasteiger partial charge in [-0.2, -0.15) is 0 Å². The highest BCUT2D eigenvalue weighted by Gasteiger charge is 2.12. The molecule has 0 atom stereocenters. The van der Waals surface area contributed by atoms with E-state index in [1.165, 1.54) is 0 Å². The molecule has 0 bridgehead atoms. The van der Waals surface area contributed by atoms with Crippen LogP contribution in [-0.4, -0.2) is 10.9 Å². The molecule has 0 radical (unpaired) electrons. The summed E-state index contributed by atoms with van der Waals surface area (Å²) in [5.74, 6) is -0.300. The Balaban J connectivity index is 2.30. The predicted octanol–water partition coefficient (Wildman–Crippen LogP) is 2.88. The Morgan fingerprint density at radius 3 is 2.72 bits per heavy atom. The van der Waals surface area contributed by atoms with Crippen LogP contribution in [0.4, 0.5) is 11.4 Å². The molecule has 5 heteroatoms. The number of carbonyl (C=O) groups excluding carboxylic acids is 1. The molecule has 0 unspecified atom stereocenters. The first-order chi connectivity index (χ1) is 8.59. The van der Waals surface area contributed by atoms with Gasteiger partial charge in [0.2, 0.25) is 0 Å². The van der Waals surface area contributed by atoms with Crippen molar-refractivity contribution in [2.45, 2.75) is 6.92 Å². The predicted molar refractivity (Wildman–Crippen MR) is 72.8 cm³/mol. The smallest absolute Gasteiger partial charge is 0.257 e. The maximum atomic E-state index is 12.1. The van der Waals surface area contributed by atoms with Crippen molar-refractivity contribution in [1.82, 2.24) is 4.98 Å². The van der Waals surface area contributed by atoms with E-state index in [1.54, 1.807) is 36.5 Å². The zero-order valence-electron chi connectivity index (χ0n) is 9.77. The van der Waals surface area contributed by atoms with Crippen LogP contribution in [0.3, 0.4) is 0 Å². The van der Waals surface area contributed by atoms with Crippen molar-refractivity contribution in [3.05, 3.63) is 52.8 Å². The fraction of sp³-hybridized carbons (Fsp3) is 0.0769. The van der Waals surface area contributed by atoms with Crippen molar-refractivity contribution < 1.29 is 4.79 Å². The molecule has 0 saturated carbocycles. The fourth-order valence-electron chi connectivity index (χ4n) is 1.56. The van der Waals surface area contributed by atoms with Gasteiger partial charge in [0, 0.05) is 11.9 Å². The van der Waals surface area contributed by atoms with Gasteiger partial charge in [0.05, 0.1) is 11.3 Å². The number of nitrogens with two attached hydrogens (primary N) is 1. The number of hydrogen-bond acceptors (Lipinski definition) is 3. The van der Waals surface area contributed by atoms with Crippen LogP contribution in [0.2, 0.25) is 5.15 Å². The number of nitrogen functional groups attached to an aromatic ring is 1. The number of anilines is 2. The van der Waals surface area contributed by atoms with Gasteiger partial charge in [-0.05, 0) is 30.7 Å². The minimum Gasteiger partial charge on any atom is -0.398 e. The maximum absolute atomic E-state index is 12.1. The zero-order valence-corrected chi connectivity index (χ0v) is 10.5. The van der Waals surface area contributed by atoms with Crippen LogP contribution in [-0.2, 0) is 0 Å². The van der Waals surface area contributed by atoms with E-state index in [2.05, 4.69) is 10.3 Å². The molecule has 92 valence electrons. The lowest BCUT2D eigenvalue weighted by Gasteiger charge is -2.10. The van der Waals surface area contributed by atoms with E-state index in [9.17, 15) is 4.79 Å². The highest BCUT2D eigenvalue weighted by molar-refractivity contribution is 6.33. The number of benzene rings is 1. The number of aromatic nitrogens is 1. The minimum atomic E-state index is -0.300. The Bertz CT molecular complexity index is 578. The van der Waals surface area contributed by atoms with Gasteiger partial charge < -0.3 is 11.1 Å². The van der Waals surface area contributed by atoms with Crippen molar-refractivity contribution in [1.29, 1.82) is 0 Å². The second-order valence-corrected chi connectivity index (χ2v) is 4.19. The standard InChI is InChI=1S/C13H12ClN3O/c1-8-6-7-16-12(14)11(8)17-13(18)9-4-2-3-5-10(9)15/h2-7H,15H2,1H3,(H,17,18). The third-order valence-corrected chi connectivity index (χ3v) is 2.84. The van der Waals surface area contributed by atoms with Gasteiger partial charge in [-0.15, -0.1) is 0 Å². The van der Waals surface area contributed by atoms with Gasteiger partial charge in [0.15, 0.2) is 5.15 Å². The number of halogens is 1. The highest BCUT2D eigenvalue weighted by Crippen LogP contribution is 2.24. The van der Waals surface area contributed by atoms with Crippen LogP contribution >= 0.6 is 11.6 Å². The summed E-state index contributed by atoms with van der Waals surface area (Å²) in [6.45, 7) is 1.84. The molecule has 1 amide bonds. The van der Waals surface area contributed by atoms with Gasteiger partial charge >= 0.3 is 0 Å². The Hall–Kier alpha value is -2.07. The summed E-state index contributed by atoms with van der Waals surface area (Å²) in [6.07, 6.45) is 1.59. The van der Waals surface area contributed by atoms with Gasteiger partial charge in [-0.3, -0.25) is 4.79 Å². The zero-order chi connectivity index (χ0) is 13.1. The first kappa shape index (κ1) is 12.4. The molecule has 0 aliphatic heterocycles. The molecule has 18 heavy (non-hydrogen) atoms. The third-order valence-electron chi connectivity index (χ3n) is 2.56. The van der Waals surface area contributed by atoms with E-state index < -0.39 is 0 Å². The number of carbonyl (C=O) groups is 1. The lowest BCUT2D eigenvalue weighted by molar-refractivity contribution is 0.102. The van der Waals surface area contributed by atoms with E-state index in [-0.39, 0.29) is 11.1 Å². The van der Waals surface area contributed by atoms with Crippen LogP contribution in [0.15, 0.2) is 36.5 Å². The molecule has 3 N–H and O–H groups in total. The summed E-state index contributed by atoms with van der Waals surface area (Å²) >= 11 is 5.94. The second kappa shape index (κ2) is 5.06. The van der Waals surface area contributed by atoms with Crippen molar-refractivity contribution in [2.24, 2.45) is 0 Å². The van der Waals surface area contributed by atoms with Crippen LogP contribution in [0.25, 0.3) is 0 Å². The van der Waals surface area contributed by atoms with Gasteiger partial charge in [-0.25, -0.2) is 4.98 Å². The van der Waals surface area contributed by atoms with E-state index in [0.29, 0.717) is 16.9 Å². The molecule has 0 spiro atoms. The van der Waals surface area contributed by atoms with E-state index >= 15 is 0 Å². The third kappa shape index (κ3) is 2.43. The second-order valence-electron chi connectivity index (χ2n) is 3.84. The van der Waals surface area contributed by atoms with Gasteiger partial charge in [0.1, 0.15) is 0 Å². The number of hydrogen-bond donors (Lipinski definition) is 2. The maximum Gasteiger partial charge on any atom is 0.257 e. The number of para-hydroxylation sites is 1. The van der Waals surface area contributed by atoms with Crippen LogP contribution < -0.4 is 11.1 Å². The van der Waals surface area contributed by atoms with Crippen LogP contribution in [0, 0.1) is 6.92 Å². The summed E-state index contributed by atoms with van der Waals surface area (Å²) in [5.41, 5.74) is 7.93. The average molecular weight is 262 g/mol. The van der Waals surface area contributed by atoms with Crippen LogP contribution in [0.1, 0.15) is 15.9 Å². The fourth-order valence-corrected chi connectivity index (χ4v) is 1.81. The molecule has 1 aromatic heterocycles. The number of aryl methyl sites for hydroxylation is 1. The van der Waals surface area contributed by atoms with Crippen LogP contribution in [0.5, 0.6) is 0 Å². The van der Waals surface area contributed by atoms with Crippen molar-refractivity contribution >= 4 is 28.9 Å². The first-order valence-electron chi connectivity index (χ1n) is 5.36. The summed E-state index contributed by atoms with van der Waals surface area (Å²) in [6, 6.07) is 8.63. The van der Waals surface area contributed by atoms with Gasteiger partial charge in [0.25, 0.3) is 5.91 Å². The molecular weight excluding hydrogens is 250 g/mol. The summed E-state index contributed by atoms with van der Waals surface area (Å²) in [7, 11) is 0. The summed E-state index contributed by atoms with van der Waals surface area (Å²) < 4.78 is 0. The number of rotatable bonds is 2.